The van der Waals surface area contributed by atoms with Gasteiger partial charge < -0.3 is 14.8 Å². The first-order valence-corrected chi connectivity index (χ1v) is 15.6. The second kappa shape index (κ2) is 21.2. The summed E-state index contributed by atoms with van der Waals surface area (Å²) in [6.07, 6.45) is 12.1. The van der Waals surface area contributed by atoms with Gasteiger partial charge in [-0.1, -0.05) is 91.2 Å². The third kappa shape index (κ3) is 11.9. The van der Waals surface area contributed by atoms with Crippen LogP contribution in [0.4, 0.5) is 4.39 Å². The molecule has 0 radical (unpaired) electrons. The maximum Gasteiger partial charge on any atom is 0.251 e. The highest BCUT2D eigenvalue weighted by Crippen LogP contribution is 2.28. The van der Waals surface area contributed by atoms with Gasteiger partial charge in [-0.25, -0.2) is 9.37 Å². The van der Waals surface area contributed by atoms with E-state index in [9.17, 15) is 9.18 Å². The van der Waals surface area contributed by atoms with Crippen LogP contribution >= 0.6 is 0 Å². The maximum atomic E-state index is 14.3. The van der Waals surface area contributed by atoms with Crippen LogP contribution in [0.5, 0.6) is 0 Å². The first-order valence-electron chi connectivity index (χ1n) is 15.6. The van der Waals surface area contributed by atoms with Crippen molar-refractivity contribution >= 4 is 29.5 Å². The van der Waals surface area contributed by atoms with Gasteiger partial charge in [0.2, 0.25) is 5.90 Å². The molecular weight excluding hydrogens is 541 g/mol. The van der Waals surface area contributed by atoms with Crippen molar-refractivity contribution in [1.29, 1.82) is 5.41 Å². The molecule has 1 amide bonds. The molecule has 43 heavy (non-hydrogen) atoms. The van der Waals surface area contributed by atoms with Gasteiger partial charge >= 0.3 is 0 Å². The molecular formula is C36H52FN3O3. The molecule has 1 aliphatic rings. The van der Waals surface area contributed by atoms with Crippen molar-refractivity contribution in [1.82, 2.24) is 10.3 Å². The molecule has 2 N–H and O–H groups in total. The Hall–Kier alpha value is -3.58. The third-order valence-corrected chi connectivity index (χ3v) is 6.63. The summed E-state index contributed by atoms with van der Waals surface area (Å²) in [4.78, 5) is 17.8. The standard InChI is InChI=1S/C30H36FN3O3.C4H10.C2H6/c1-5-8-10-21-13-14-27(24(7-3)29(32)36-4)34-28(21)15-20(9-6-2)17-33-30(35)22-11-12-23-18-37-19-26(31)25(23)16-22;1-3-4-2;1-2/h7,9-16,26,32H,5-6,8,17-19H2,1-4H3,(H,33,35);3-4H2,1-2H3;1-2H3/b20-9-,21-10+,24-7-,28-15+,32-29?;;. The van der Waals surface area contributed by atoms with E-state index in [1.165, 1.54) is 20.0 Å². The number of hydrogen-bond donors (Lipinski definition) is 2. The van der Waals surface area contributed by atoms with Gasteiger partial charge in [0.15, 0.2) is 0 Å². The number of ether oxygens (including phenoxy) is 2. The Morgan fingerprint density at radius 2 is 1.86 bits per heavy atom. The number of unbranched alkanes of at least 4 members (excludes halogenated alkanes) is 2. The number of fused-ring (bicyclic) bond motifs is 1. The van der Waals surface area contributed by atoms with Gasteiger partial charge in [0.25, 0.3) is 5.91 Å². The van der Waals surface area contributed by atoms with E-state index in [4.69, 9.17) is 19.9 Å². The van der Waals surface area contributed by atoms with Gasteiger partial charge in [-0.15, -0.1) is 0 Å². The number of aromatic nitrogens is 1. The monoisotopic (exact) mass is 593 g/mol. The zero-order valence-corrected chi connectivity index (χ0v) is 27.5. The van der Waals surface area contributed by atoms with Crippen molar-refractivity contribution < 1.29 is 18.7 Å². The van der Waals surface area contributed by atoms with Crippen LogP contribution in [0.2, 0.25) is 0 Å². The van der Waals surface area contributed by atoms with Gasteiger partial charge in [-0.05, 0) is 66.0 Å². The minimum atomic E-state index is -1.22. The Morgan fingerprint density at radius 3 is 2.47 bits per heavy atom. The second-order valence-electron chi connectivity index (χ2n) is 9.81. The van der Waals surface area contributed by atoms with Crippen molar-refractivity contribution in [2.45, 2.75) is 93.3 Å². The number of halogens is 1. The molecule has 1 atom stereocenters. The van der Waals surface area contributed by atoms with Crippen molar-refractivity contribution in [3.8, 4) is 0 Å². The number of benzene rings is 1. The number of carbonyl (C=O) groups excluding carboxylic acids is 1. The number of nitrogens with one attached hydrogen (secondary N) is 2. The number of nitrogens with zero attached hydrogens (tertiary/aromatic N) is 1. The summed E-state index contributed by atoms with van der Waals surface area (Å²) in [5.41, 5.74) is 3.88. The van der Waals surface area contributed by atoms with Gasteiger partial charge in [0.05, 0.1) is 36.9 Å². The van der Waals surface area contributed by atoms with Crippen LogP contribution in [0.15, 0.2) is 48.1 Å². The average Bonchev–Trinajstić information content (AvgIpc) is 3.04. The normalized spacial score (nSPS) is 15.4. The fraction of sp³-hybridized carbons (Fsp3) is 0.472. The highest BCUT2D eigenvalue weighted by atomic mass is 19.1. The van der Waals surface area contributed by atoms with E-state index in [0.29, 0.717) is 35.5 Å². The van der Waals surface area contributed by atoms with Crippen LogP contribution in [0, 0.1) is 5.41 Å². The molecule has 0 saturated carbocycles. The number of methoxy groups -OCH3 is 1. The Morgan fingerprint density at radius 1 is 1.14 bits per heavy atom. The molecule has 1 unspecified atom stereocenters. The minimum Gasteiger partial charge on any atom is -0.481 e. The van der Waals surface area contributed by atoms with E-state index in [1.54, 1.807) is 18.2 Å². The zero-order chi connectivity index (χ0) is 32.2. The quantitative estimate of drug-likeness (QED) is 0.219. The molecule has 2 heterocycles. The number of allylic oxidation sites excluding steroid dienone is 2. The second-order valence-corrected chi connectivity index (χ2v) is 9.81. The van der Waals surface area contributed by atoms with Crippen LogP contribution < -0.4 is 15.9 Å². The Bertz CT molecular complexity index is 1350. The number of alkyl halides is 1. The number of carbonyl (C=O) groups is 1. The first-order chi connectivity index (χ1) is 20.8. The van der Waals surface area contributed by atoms with Crippen LogP contribution in [0.1, 0.15) is 114 Å². The predicted molar refractivity (Wildman–Crippen MR) is 178 cm³/mol. The van der Waals surface area contributed by atoms with Crippen LogP contribution in [0.25, 0.3) is 17.7 Å². The molecule has 0 bridgehead atoms. The molecule has 7 heteroatoms. The summed E-state index contributed by atoms with van der Waals surface area (Å²) in [6.45, 7) is 15.0. The van der Waals surface area contributed by atoms with Crippen molar-refractivity contribution in [2.24, 2.45) is 0 Å². The van der Waals surface area contributed by atoms with E-state index in [2.05, 4.69) is 32.2 Å². The van der Waals surface area contributed by atoms with Gasteiger partial charge in [-0.2, -0.15) is 0 Å². The summed E-state index contributed by atoms with van der Waals surface area (Å²) in [5, 5.41) is 12.8. The average molecular weight is 594 g/mol. The van der Waals surface area contributed by atoms with E-state index >= 15 is 0 Å². The van der Waals surface area contributed by atoms with Gasteiger partial charge in [0, 0.05) is 12.1 Å². The Balaban J connectivity index is 0.00000142. The highest BCUT2D eigenvalue weighted by Gasteiger charge is 2.21. The smallest absolute Gasteiger partial charge is 0.251 e. The van der Waals surface area contributed by atoms with Crippen LogP contribution in [-0.4, -0.2) is 37.1 Å². The summed E-state index contributed by atoms with van der Waals surface area (Å²) >= 11 is 0. The molecule has 0 aliphatic carbocycles. The molecule has 236 valence electrons. The SMILES string of the molecule is C/C=C(\C(=N)OC)c1ccc(=C\CCC)/c(=C\C(=C\CC)CNC(=O)c2ccc3c(c2)C(F)COC3)n1.CC.CCCC. The van der Waals surface area contributed by atoms with Crippen LogP contribution in [0.3, 0.4) is 0 Å². The van der Waals surface area contributed by atoms with Crippen molar-refractivity contribution in [3.63, 3.8) is 0 Å². The summed E-state index contributed by atoms with van der Waals surface area (Å²) < 4.78 is 24.6. The number of amides is 1. The number of pyridine rings is 1. The van der Waals surface area contributed by atoms with E-state index in [1.807, 2.05) is 58.1 Å². The molecule has 0 spiro atoms. The third-order valence-electron chi connectivity index (χ3n) is 6.63. The lowest BCUT2D eigenvalue weighted by atomic mass is 9.98. The van der Waals surface area contributed by atoms with E-state index in [-0.39, 0.29) is 18.4 Å². The first kappa shape index (κ1) is 37.4. The zero-order valence-electron chi connectivity index (χ0n) is 27.5. The number of hydrogen-bond acceptors (Lipinski definition) is 5. The summed E-state index contributed by atoms with van der Waals surface area (Å²) in [6, 6.07) is 8.98. The topological polar surface area (TPSA) is 84.3 Å². The molecule has 1 aromatic carbocycles. The lowest BCUT2D eigenvalue weighted by Crippen LogP contribution is -2.31. The van der Waals surface area contributed by atoms with Crippen molar-refractivity contribution in [3.05, 3.63) is 81.0 Å². The maximum absolute atomic E-state index is 14.3. The van der Waals surface area contributed by atoms with Gasteiger partial charge in [-0.3, -0.25) is 10.2 Å². The van der Waals surface area contributed by atoms with Crippen LogP contribution in [-0.2, 0) is 16.1 Å². The highest BCUT2D eigenvalue weighted by molar-refractivity contribution is 6.17. The number of rotatable bonds is 10. The minimum absolute atomic E-state index is 0.0126. The molecule has 3 rings (SSSR count). The molecule has 0 fully saturated rings. The van der Waals surface area contributed by atoms with E-state index < -0.39 is 6.17 Å². The fourth-order valence-electron chi connectivity index (χ4n) is 4.15. The largest absolute Gasteiger partial charge is 0.481 e. The van der Waals surface area contributed by atoms with E-state index in [0.717, 1.165) is 41.0 Å². The van der Waals surface area contributed by atoms with Gasteiger partial charge in [0.1, 0.15) is 6.17 Å². The summed E-state index contributed by atoms with van der Waals surface area (Å²) in [5.74, 6) is -0.212. The van der Waals surface area contributed by atoms with Crippen molar-refractivity contribution in [2.75, 3.05) is 20.3 Å². The molecule has 1 aliphatic heterocycles. The lowest BCUT2D eigenvalue weighted by Gasteiger charge is -2.20. The molecule has 1 aromatic heterocycles. The molecule has 6 nitrogen and oxygen atoms in total. The molecule has 2 aromatic rings. The fourth-order valence-corrected chi connectivity index (χ4v) is 4.15. The Labute approximate surface area is 258 Å². The summed E-state index contributed by atoms with van der Waals surface area (Å²) in [7, 11) is 1.47. The lowest BCUT2D eigenvalue weighted by molar-refractivity contribution is 0.0512. The Kier molecular flexibility index (Phi) is 18.4. The molecule has 0 saturated heterocycles. The predicted octanol–water partition coefficient (Wildman–Crippen LogP) is 7.61.